The standard InChI is InChI=1S/C16H18BrNO/c1-11-6-7-13(17)10-15(11)16(18)9-12-4-3-5-14(8-12)19-2/h3-8,10,16H,9,18H2,1-2H3. The predicted octanol–water partition coefficient (Wildman–Crippen LogP) is 4.01. The van der Waals surface area contributed by atoms with Crippen molar-refractivity contribution in [2.24, 2.45) is 5.73 Å². The van der Waals surface area contributed by atoms with Crippen LogP contribution in [0.4, 0.5) is 0 Å². The van der Waals surface area contributed by atoms with Gasteiger partial charge in [-0.25, -0.2) is 0 Å². The zero-order valence-corrected chi connectivity index (χ0v) is 12.8. The van der Waals surface area contributed by atoms with Gasteiger partial charge in [-0.05, 0) is 54.3 Å². The molecule has 0 saturated carbocycles. The largest absolute Gasteiger partial charge is 0.497 e. The van der Waals surface area contributed by atoms with Crippen molar-refractivity contribution in [1.29, 1.82) is 0 Å². The molecule has 2 N–H and O–H groups in total. The smallest absolute Gasteiger partial charge is 0.119 e. The molecule has 0 aliphatic rings. The van der Waals surface area contributed by atoms with Crippen molar-refractivity contribution in [3.63, 3.8) is 0 Å². The summed E-state index contributed by atoms with van der Waals surface area (Å²) in [5.74, 6) is 0.871. The van der Waals surface area contributed by atoms with Crippen molar-refractivity contribution >= 4 is 15.9 Å². The number of nitrogens with two attached hydrogens (primary N) is 1. The highest BCUT2D eigenvalue weighted by molar-refractivity contribution is 9.10. The summed E-state index contributed by atoms with van der Waals surface area (Å²) in [6, 6.07) is 14.3. The molecule has 0 bridgehead atoms. The molecule has 0 amide bonds. The van der Waals surface area contributed by atoms with Crippen LogP contribution in [0.15, 0.2) is 46.9 Å². The van der Waals surface area contributed by atoms with Crippen LogP contribution in [0, 0.1) is 6.92 Å². The van der Waals surface area contributed by atoms with Crippen LogP contribution in [0.5, 0.6) is 5.75 Å². The molecule has 0 saturated heterocycles. The van der Waals surface area contributed by atoms with E-state index in [4.69, 9.17) is 10.5 Å². The van der Waals surface area contributed by atoms with Crippen LogP contribution in [-0.4, -0.2) is 7.11 Å². The van der Waals surface area contributed by atoms with Gasteiger partial charge in [-0.2, -0.15) is 0 Å². The Morgan fingerprint density at radius 3 is 2.74 bits per heavy atom. The molecule has 0 aliphatic heterocycles. The maximum Gasteiger partial charge on any atom is 0.119 e. The quantitative estimate of drug-likeness (QED) is 0.924. The maximum absolute atomic E-state index is 6.33. The SMILES string of the molecule is COc1cccc(CC(N)c2cc(Br)ccc2C)c1. The van der Waals surface area contributed by atoms with Gasteiger partial charge in [-0.3, -0.25) is 0 Å². The minimum absolute atomic E-state index is 0.00962. The van der Waals surface area contributed by atoms with Gasteiger partial charge in [0.15, 0.2) is 0 Å². The third kappa shape index (κ3) is 3.58. The minimum atomic E-state index is -0.00962. The monoisotopic (exact) mass is 319 g/mol. The van der Waals surface area contributed by atoms with Crippen molar-refractivity contribution in [3.05, 3.63) is 63.6 Å². The van der Waals surface area contributed by atoms with Crippen molar-refractivity contribution in [2.75, 3.05) is 7.11 Å². The fraction of sp³-hybridized carbons (Fsp3) is 0.250. The van der Waals surface area contributed by atoms with Crippen LogP contribution in [0.25, 0.3) is 0 Å². The molecule has 0 heterocycles. The lowest BCUT2D eigenvalue weighted by atomic mass is 9.96. The summed E-state index contributed by atoms with van der Waals surface area (Å²) < 4.78 is 6.30. The van der Waals surface area contributed by atoms with E-state index < -0.39 is 0 Å². The average Bonchev–Trinajstić information content (AvgIpc) is 2.41. The molecule has 100 valence electrons. The molecule has 1 atom stereocenters. The van der Waals surface area contributed by atoms with Crippen molar-refractivity contribution in [2.45, 2.75) is 19.4 Å². The Kier molecular flexibility index (Phi) is 4.61. The number of benzene rings is 2. The van der Waals surface area contributed by atoms with Gasteiger partial charge in [0.2, 0.25) is 0 Å². The Morgan fingerprint density at radius 2 is 2.00 bits per heavy atom. The summed E-state index contributed by atoms with van der Waals surface area (Å²) in [4.78, 5) is 0. The average molecular weight is 320 g/mol. The van der Waals surface area contributed by atoms with Crippen molar-refractivity contribution in [1.82, 2.24) is 0 Å². The molecule has 2 nitrogen and oxygen atoms in total. The molecule has 3 heteroatoms. The molecular weight excluding hydrogens is 302 g/mol. The Morgan fingerprint density at radius 1 is 1.21 bits per heavy atom. The summed E-state index contributed by atoms with van der Waals surface area (Å²) in [6.07, 6.45) is 0.800. The molecular formula is C16H18BrNO. The van der Waals surface area contributed by atoms with Crippen LogP contribution in [0.1, 0.15) is 22.7 Å². The third-order valence-corrected chi connectivity index (χ3v) is 3.72. The highest BCUT2D eigenvalue weighted by Gasteiger charge is 2.10. The van der Waals surface area contributed by atoms with Crippen molar-refractivity contribution in [3.8, 4) is 5.75 Å². The van der Waals surface area contributed by atoms with Gasteiger partial charge in [0.25, 0.3) is 0 Å². The number of hydrogen-bond donors (Lipinski definition) is 1. The summed E-state index contributed by atoms with van der Waals surface area (Å²) in [7, 11) is 1.68. The first-order valence-electron chi connectivity index (χ1n) is 6.24. The molecule has 2 aromatic rings. The molecule has 0 spiro atoms. The second kappa shape index (κ2) is 6.22. The second-order valence-corrected chi connectivity index (χ2v) is 5.58. The van der Waals surface area contributed by atoms with E-state index in [1.54, 1.807) is 7.11 Å². The van der Waals surface area contributed by atoms with E-state index in [0.717, 1.165) is 16.6 Å². The van der Waals surface area contributed by atoms with Gasteiger partial charge in [-0.15, -0.1) is 0 Å². The molecule has 2 aromatic carbocycles. The second-order valence-electron chi connectivity index (χ2n) is 4.66. The molecule has 1 unspecified atom stereocenters. The summed E-state index contributed by atoms with van der Waals surface area (Å²) in [5, 5.41) is 0. The van der Waals surface area contributed by atoms with Gasteiger partial charge in [0, 0.05) is 10.5 Å². The highest BCUT2D eigenvalue weighted by atomic mass is 79.9. The number of rotatable bonds is 4. The molecule has 2 rings (SSSR count). The van der Waals surface area contributed by atoms with Gasteiger partial charge >= 0.3 is 0 Å². The maximum atomic E-state index is 6.33. The van der Waals surface area contributed by atoms with E-state index in [0.29, 0.717) is 0 Å². The first kappa shape index (κ1) is 14.1. The van der Waals surface area contributed by atoms with Crippen molar-refractivity contribution < 1.29 is 4.74 Å². The fourth-order valence-electron chi connectivity index (χ4n) is 2.17. The molecule has 0 aliphatic carbocycles. The first-order chi connectivity index (χ1) is 9.10. The highest BCUT2D eigenvalue weighted by Crippen LogP contribution is 2.24. The lowest BCUT2D eigenvalue weighted by Crippen LogP contribution is -2.14. The van der Waals surface area contributed by atoms with Crippen LogP contribution in [0.3, 0.4) is 0 Å². The number of aryl methyl sites for hydroxylation is 1. The normalized spacial score (nSPS) is 12.2. The van der Waals surface area contributed by atoms with E-state index in [2.05, 4.69) is 41.1 Å². The predicted molar refractivity (Wildman–Crippen MR) is 82.5 cm³/mol. The minimum Gasteiger partial charge on any atom is -0.497 e. The number of halogens is 1. The summed E-state index contributed by atoms with van der Waals surface area (Å²) in [5.41, 5.74) is 9.91. The van der Waals surface area contributed by atoms with Crippen LogP contribution in [-0.2, 0) is 6.42 Å². The van der Waals surface area contributed by atoms with Gasteiger partial charge in [0.1, 0.15) is 5.75 Å². The zero-order valence-electron chi connectivity index (χ0n) is 11.2. The van der Waals surface area contributed by atoms with Crippen LogP contribution < -0.4 is 10.5 Å². The van der Waals surface area contributed by atoms with E-state index in [-0.39, 0.29) is 6.04 Å². The molecule has 19 heavy (non-hydrogen) atoms. The Bertz CT molecular complexity index is 568. The first-order valence-corrected chi connectivity index (χ1v) is 7.04. The zero-order chi connectivity index (χ0) is 13.8. The number of ether oxygens (including phenoxy) is 1. The lowest BCUT2D eigenvalue weighted by molar-refractivity contribution is 0.414. The van der Waals surface area contributed by atoms with Gasteiger partial charge in [-0.1, -0.05) is 34.1 Å². The Hall–Kier alpha value is -1.32. The van der Waals surface area contributed by atoms with E-state index in [1.165, 1.54) is 16.7 Å². The topological polar surface area (TPSA) is 35.2 Å². The number of hydrogen-bond acceptors (Lipinski definition) is 2. The molecule has 0 radical (unpaired) electrons. The van der Waals surface area contributed by atoms with E-state index in [1.807, 2.05) is 24.3 Å². The third-order valence-electron chi connectivity index (χ3n) is 3.23. The van der Waals surface area contributed by atoms with E-state index >= 15 is 0 Å². The number of methoxy groups -OCH3 is 1. The van der Waals surface area contributed by atoms with E-state index in [9.17, 15) is 0 Å². The summed E-state index contributed by atoms with van der Waals surface area (Å²) >= 11 is 3.50. The molecule has 0 aromatic heterocycles. The molecule has 0 fully saturated rings. The van der Waals surface area contributed by atoms with Gasteiger partial charge in [0.05, 0.1) is 7.11 Å². The fourth-order valence-corrected chi connectivity index (χ4v) is 2.55. The van der Waals surface area contributed by atoms with Gasteiger partial charge < -0.3 is 10.5 Å². The Balaban J connectivity index is 2.20. The lowest BCUT2D eigenvalue weighted by Gasteiger charge is -2.15. The summed E-state index contributed by atoms with van der Waals surface area (Å²) in [6.45, 7) is 2.09. The van der Waals surface area contributed by atoms with Crippen LogP contribution >= 0.6 is 15.9 Å². The Labute approximate surface area is 122 Å². The van der Waals surface area contributed by atoms with Crippen LogP contribution in [0.2, 0.25) is 0 Å².